The van der Waals surface area contributed by atoms with E-state index in [0.717, 1.165) is 29.3 Å². The highest BCUT2D eigenvalue weighted by atomic mass is 127. The van der Waals surface area contributed by atoms with Gasteiger partial charge in [-0.15, -0.1) is 0 Å². The minimum Gasteiger partial charge on any atom is -0.507 e. The molecule has 0 atom stereocenters. The summed E-state index contributed by atoms with van der Waals surface area (Å²) in [5, 5.41) is 20.9. The van der Waals surface area contributed by atoms with Crippen LogP contribution < -0.4 is 5.32 Å². The SMILES string of the molecule is O=C(NCCCCCCO)c1ccc(I)c(O)c1. The van der Waals surface area contributed by atoms with Crippen LogP contribution in [0.4, 0.5) is 0 Å². The topological polar surface area (TPSA) is 69.6 Å². The third kappa shape index (κ3) is 5.22. The number of nitrogens with one attached hydrogen (secondary N) is 1. The van der Waals surface area contributed by atoms with Crippen LogP contribution in [-0.2, 0) is 0 Å². The monoisotopic (exact) mass is 363 g/mol. The molecule has 0 bridgehead atoms. The minimum absolute atomic E-state index is 0.131. The Balaban J connectivity index is 2.30. The Bertz CT molecular complexity index is 396. The van der Waals surface area contributed by atoms with Gasteiger partial charge in [-0.05, 0) is 53.6 Å². The van der Waals surface area contributed by atoms with Crippen LogP contribution in [0.25, 0.3) is 0 Å². The molecule has 0 aromatic heterocycles. The van der Waals surface area contributed by atoms with E-state index in [1.165, 1.54) is 6.07 Å². The minimum atomic E-state index is -0.163. The molecule has 1 aromatic carbocycles. The van der Waals surface area contributed by atoms with Gasteiger partial charge in [0, 0.05) is 18.7 Å². The normalized spacial score (nSPS) is 10.3. The Kier molecular flexibility index (Phi) is 7.04. The van der Waals surface area contributed by atoms with Gasteiger partial charge in [-0.2, -0.15) is 0 Å². The Labute approximate surface area is 121 Å². The number of rotatable bonds is 7. The van der Waals surface area contributed by atoms with Crippen molar-refractivity contribution in [3.63, 3.8) is 0 Å². The predicted octanol–water partition coefficient (Wildman–Crippen LogP) is 2.28. The molecule has 5 heteroatoms. The van der Waals surface area contributed by atoms with E-state index in [4.69, 9.17) is 5.11 Å². The van der Waals surface area contributed by atoms with Crippen LogP contribution in [0, 0.1) is 3.57 Å². The average Bonchev–Trinajstić information content (AvgIpc) is 2.36. The Hall–Kier alpha value is -0.820. The number of amides is 1. The zero-order valence-corrected chi connectivity index (χ0v) is 12.3. The van der Waals surface area contributed by atoms with E-state index in [0.29, 0.717) is 12.1 Å². The van der Waals surface area contributed by atoms with Crippen LogP contribution in [0.5, 0.6) is 5.75 Å². The van der Waals surface area contributed by atoms with E-state index >= 15 is 0 Å². The maximum Gasteiger partial charge on any atom is 0.251 e. The first-order chi connectivity index (χ1) is 8.65. The van der Waals surface area contributed by atoms with Gasteiger partial charge < -0.3 is 15.5 Å². The fourth-order valence-corrected chi connectivity index (χ4v) is 1.88. The number of aliphatic hydroxyl groups is 1. The van der Waals surface area contributed by atoms with Crippen molar-refractivity contribution in [3.05, 3.63) is 27.3 Å². The Morgan fingerprint density at radius 1 is 1.22 bits per heavy atom. The van der Waals surface area contributed by atoms with Crippen molar-refractivity contribution >= 4 is 28.5 Å². The maximum absolute atomic E-state index is 11.7. The van der Waals surface area contributed by atoms with E-state index in [2.05, 4.69) is 5.32 Å². The number of halogens is 1. The number of aromatic hydroxyl groups is 1. The Morgan fingerprint density at radius 2 is 1.94 bits per heavy atom. The number of hydrogen-bond donors (Lipinski definition) is 3. The van der Waals surface area contributed by atoms with Crippen molar-refractivity contribution in [1.82, 2.24) is 5.32 Å². The van der Waals surface area contributed by atoms with E-state index < -0.39 is 0 Å². The number of phenols is 1. The molecule has 4 nitrogen and oxygen atoms in total. The second-order valence-electron chi connectivity index (χ2n) is 4.06. The molecule has 0 radical (unpaired) electrons. The van der Waals surface area contributed by atoms with Gasteiger partial charge >= 0.3 is 0 Å². The molecule has 1 amide bonds. The van der Waals surface area contributed by atoms with Gasteiger partial charge in [-0.3, -0.25) is 4.79 Å². The summed E-state index contributed by atoms with van der Waals surface area (Å²) in [6, 6.07) is 4.89. The first-order valence-corrected chi connectivity index (χ1v) is 7.10. The summed E-state index contributed by atoms with van der Waals surface area (Å²) in [5.41, 5.74) is 0.475. The average molecular weight is 363 g/mol. The highest BCUT2D eigenvalue weighted by Gasteiger charge is 2.07. The second kappa shape index (κ2) is 8.31. The van der Waals surface area contributed by atoms with Crippen LogP contribution in [0.15, 0.2) is 18.2 Å². The van der Waals surface area contributed by atoms with Crippen LogP contribution >= 0.6 is 22.6 Å². The number of unbranched alkanes of at least 4 members (excludes halogenated alkanes) is 3. The number of aliphatic hydroxyl groups excluding tert-OH is 1. The molecular formula is C13H18INO3. The van der Waals surface area contributed by atoms with Gasteiger partial charge in [0.1, 0.15) is 5.75 Å². The van der Waals surface area contributed by atoms with Crippen molar-refractivity contribution in [3.8, 4) is 5.75 Å². The Morgan fingerprint density at radius 3 is 2.61 bits per heavy atom. The fourth-order valence-electron chi connectivity index (χ4n) is 1.55. The molecule has 0 fully saturated rings. The van der Waals surface area contributed by atoms with Crippen LogP contribution in [-0.4, -0.2) is 29.3 Å². The van der Waals surface area contributed by atoms with Crippen molar-refractivity contribution in [2.45, 2.75) is 25.7 Å². The lowest BCUT2D eigenvalue weighted by molar-refractivity contribution is 0.0952. The fraction of sp³-hybridized carbons (Fsp3) is 0.462. The number of hydrogen-bond acceptors (Lipinski definition) is 3. The maximum atomic E-state index is 11.7. The molecule has 3 N–H and O–H groups in total. The van der Waals surface area contributed by atoms with E-state index in [1.807, 2.05) is 22.6 Å². The zero-order chi connectivity index (χ0) is 13.4. The molecule has 0 heterocycles. The number of carbonyl (C=O) groups is 1. The number of phenolic OH excluding ortho intramolecular Hbond substituents is 1. The first-order valence-electron chi connectivity index (χ1n) is 6.02. The van der Waals surface area contributed by atoms with E-state index in [-0.39, 0.29) is 18.3 Å². The molecule has 100 valence electrons. The summed E-state index contributed by atoms with van der Waals surface area (Å²) in [6.45, 7) is 0.852. The smallest absolute Gasteiger partial charge is 0.251 e. The summed E-state index contributed by atoms with van der Waals surface area (Å²) >= 11 is 2.01. The van der Waals surface area contributed by atoms with Crippen molar-refractivity contribution in [2.75, 3.05) is 13.2 Å². The molecule has 0 saturated heterocycles. The summed E-state index contributed by atoms with van der Waals surface area (Å²) < 4.78 is 0.730. The summed E-state index contributed by atoms with van der Waals surface area (Å²) in [6.07, 6.45) is 3.70. The molecule has 0 aliphatic carbocycles. The van der Waals surface area contributed by atoms with Gasteiger partial charge in [-0.1, -0.05) is 12.8 Å². The number of benzene rings is 1. The van der Waals surface area contributed by atoms with Crippen LogP contribution in [0.1, 0.15) is 36.0 Å². The van der Waals surface area contributed by atoms with Gasteiger partial charge in [0.15, 0.2) is 0 Å². The summed E-state index contributed by atoms with van der Waals surface area (Å²) in [5.74, 6) is -0.0324. The summed E-state index contributed by atoms with van der Waals surface area (Å²) in [4.78, 5) is 11.7. The van der Waals surface area contributed by atoms with Crippen molar-refractivity contribution in [1.29, 1.82) is 0 Å². The molecule has 0 unspecified atom stereocenters. The van der Waals surface area contributed by atoms with Gasteiger partial charge in [-0.25, -0.2) is 0 Å². The van der Waals surface area contributed by atoms with Crippen LogP contribution in [0.3, 0.4) is 0 Å². The second-order valence-corrected chi connectivity index (χ2v) is 5.22. The molecule has 18 heavy (non-hydrogen) atoms. The third-order valence-electron chi connectivity index (χ3n) is 2.58. The third-order valence-corrected chi connectivity index (χ3v) is 3.49. The molecule has 0 spiro atoms. The molecule has 1 rings (SSSR count). The zero-order valence-electron chi connectivity index (χ0n) is 10.2. The van der Waals surface area contributed by atoms with Gasteiger partial charge in [0.2, 0.25) is 0 Å². The highest BCUT2D eigenvalue weighted by Crippen LogP contribution is 2.20. The molecule has 0 saturated carbocycles. The standard InChI is InChI=1S/C13H18INO3/c14-11-6-5-10(9-12(11)17)13(18)15-7-3-1-2-4-8-16/h5-6,9,16-17H,1-4,7-8H2,(H,15,18). The molecule has 1 aromatic rings. The lowest BCUT2D eigenvalue weighted by Crippen LogP contribution is -2.24. The van der Waals surface area contributed by atoms with Gasteiger partial charge in [0.05, 0.1) is 3.57 Å². The largest absolute Gasteiger partial charge is 0.507 e. The van der Waals surface area contributed by atoms with E-state index in [1.54, 1.807) is 12.1 Å². The van der Waals surface area contributed by atoms with Crippen molar-refractivity contribution in [2.24, 2.45) is 0 Å². The summed E-state index contributed by atoms with van der Waals surface area (Å²) in [7, 11) is 0. The predicted molar refractivity (Wildman–Crippen MR) is 78.7 cm³/mol. The molecule has 0 aliphatic heterocycles. The number of carbonyl (C=O) groups excluding carboxylic acids is 1. The van der Waals surface area contributed by atoms with Gasteiger partial charge in [0.25, 0.3) is 5.91 Å². The van der Waals surface area contributed by atoms with Crippen molar-refractivity contribution < 1.29 is 15.0 Å². The molecule has 0 aliphatic rings. The quantitative estimate of drug-likeness (QED) is 0.514. The first kappa shape index (κ1) is 15.2. The van der Waals surface area contributed by atoms with Crippen LogP contribution in [0.2, 0.25) is 0 Å². The lowest BCUT2D eigenvalue weighted by Gasteiger charge is -2.06. The molecular weight excluding hydrogens is 345 g/mol. The van der Waals surface area contributed by atoms with E-state index in [9.17, 15) is 9.90 Å². The lowest BCUT2D eigenvalue weighted by atomic mass is 10.2. The highest BCUT2D eigenvalue weighted by molar-refractivity contribution is 14.1.